The van der Waals surface area contributed by atoms with Crippen LogP contribution in [0.5, 0.6) is 0 Å². The molecule has 0 amide bonds. The van der Waals surface area contributed by atoms with Crippen molar-refractivity contribution < 1.29 is 4.39 Å². The summed E-state index contributed by atoms with van der Waals surface area (Å²) in [6, 6.07) is 2.33. The Morgan fingerprint density at radius 1 is 1.42 bits per heavy atom. The van der Waals surface area contributed by atoms with Crippen molar-refractivity contribution in [2.75, 3.05) is 12.0 Å². The summed E-state index contributed by atoms with van der Waals surface area (Å²) in [4.78, 5) is 0. The van der Waals surface area contributed by atoms with Gasteiger partial charge < -0.3 is 5.32 Å². The number of nitrogens with one attached hydrogen (secondary N) is 1. The van der Waals surface area contributed by atoms with Gasteiger partial charge in [-0.3, -0.25) is 9.36 Å². The van der Waals surface area contributed by atoms with Gasteiger partial charge in [0, 0.05) is 18.4 Å². The van der Waals surface area contributed by atoms with Crippen molar-refractivity contribution in [1.29, 1.82) is 0 Å². The number of nitrogens with zero attached hydrogens (tertiary/aromatic N) is 4. The molecule has 5 nitrogen and oxygen atoms in total. The van der Waals surface area contributed by atoms with Crippen LogP contribution in [0, 0.1) is 6.92 Å². The Kier molecular flexibility index (Phi) is 4.19. The molecule has 6 heteroatoms. The molecule has 0 saturated carbocycles. The van der Waals surface area contributed by atoms with Crippen molar-refractivity contribution in [3.8, 4) is 0 Å². The fourth-order valence-electron chi connectivity index (χ4n) is 2.02. The van der Waals surface area contributed by atoms with E-state index < -0.39 is 6.67 Å². The van der Waals surface area contributed by atoms with Crippen molar-refractivity contribution in [2.24, 2.45) is 0 Å². The van der Waals surface area contributed by atoms with E-state index in [-0.39, 0.29) is 0 Å². The third-order valence-corrected chi connectivity index (χ3v) is 2.96. The number of anilines is 1. The molecule has 1 N–H and O–H groups in total. The molecule has 2 aromatic rings. The van der Waals surface area contributed by atoms with Crippen LogP contribution in [0.15, 0.2) is 18.5 Å². The second-order valence-electron chi connectivity index (χ2n) is 4.79. The lowest BCUT2D eigenvalue weighted by Crippen LogP contribution is -2.11. The maximum atomic E-state index is 12.3. The van der Waals surface area contributed by atoms with Crippen LogP contribution in [0.1, 0.15) is 31.3 Å². The fourth-order valence-corrected chi connectivity index (χ4v) is 2.02. The zero-order chi connectivity index (χ0) is 13.8. The van der Waals surface area contributed by atoms with Crippen molar-refractivity contribution >= 4 is 5.69 Å². The van der Waals surface area contributed by atoms with E-state index >= 15 is 0 Å². The Labute approximate surface area is 112 Å². The van der Waals surface area contributed by atoms with Crippen molar-refractivity contribution in [1.82, 2.24) is 19.6 Å². The Bertz CT molecular complexity index is 529. The monoisotopic (exact) mass is 265 g/mol. The topological polar surface area (TPSA) is 47.7 Å². The normalized spacial score (nSPS) is 11.2. The molecule has 0 aliphatic carbocycles. The van der Waals surface area contributed by atoms with Crippen LogP contribution in [0.2, 0.25) is 0 Å². The first kappa shape index (κ1) is 13.6. The molecule has 0 radical (unpaired) electrons. The van der Waals surface area contributed by atoms with Gasteiger partial charge in [0.25, 0.3) is 0 Å². The number of aryl methyl sites for hydroxylation is 2. The molecule has 0 atom stereocenters. The van der Waals surface area contributed by atoms with E-state index in [0.717, 1.165) is 17.1 Å². The van der Waals surface area contributed by atoms with E-state index in [2.05, 4.69) is 29.4 Å². The second kappa shape index (κ2) is 5.86. The lowest BCUT2D eigenvalue weighted by molar-refractivity contribution is 0.426. The number of hydrogen-bond acceptors (Lipinski definition) is 3. The van der Waals surface area contributed by atoms with Crippen molar-refractivity contribution in [3.05, 3.63) is 29.8 Å². The average Bonchev–Trinajstić information content (AvgIpc) is 2.94. The summed E-state index contributed by atoms with van der Waals surface area (Å²) in [5.41, 5.74) is 2.93. The molecular formula is C13H20FN5. The highest BCUT2D eigenvalue weighted by molar-refractivity contribution is 5.45. The quantitative estimate of drug-likeness (QED) is 0.873. The third kappa shape index (κ3) is 3.13. The minimum atomic E-state index is -0.402. The van der Waals surface area contributed by atoms with Crippen molar-refractivity contribution in [2.45, 2.75) is 39.9 Å². The molecule has 0 saturated heterocycles. The highest BCUT2D eigenvalue weighted by Gasteiger charge is 2.08. The van der Waals surface area contributed by atoms with Gasteiger partial charge in [-0.25, -0.2) is 4.39 Å². The first-order valence-electron chi connectivity index (χ1n) is 6.48. The van der Waals surface area contributed by atoms with Gasteiger partial charge >= 0.3 is 0 Å². The van der Waals surface area contributed by atoms with E-state index in [4.69, 9.17) is 0 Å². The Morgan fingerprint density at radius 2 is 2.21 bits per heavy atom. The third-order valence-electron chi connectivity index (χ3n) is 2.96. The average molecular weight is 265 g/mol. The molecule has 0 fully saturated rings. The van der Waals surface area contributed by atoms with Crippen LogP contribution in [0.4, 0.5) is 10.1 Å². The van der Waals surface area contributed by atoms with E-state index in [0.29, 0.717) is 19.1 Å². The Balaban J connectivity index is 2.04. The number of alkyl halides is 1. The molecule has 0 bridgehead atoms. The lowest BCUT2D eigenvalue weighted by Gasteiger charge is -2.11. The molecule has 0 aromatic carbocycles. The molecular weight excluding hydrogens is 245 g/mol. The molecule has 2 rings (SSSR count). The smallest absolute Gasteiger partial charge is 0.109 e. The predicted octanol–water partition coefficient (Wildman–Crippen LogP) is 2.55. The largest absolute Gasteiger partial charge is 0.377 e. The number of hydrogen-bond donors (Lipinski definition) is 1. The molecule has 2 aromatic heterocycles. The second-order valence-corrected chi connectivity index (χ2v) is 4.79. The molecule has 0 aliphatic rings. The van der Waals surface area contributed by atoms with Gasteiger partial charge in [0.15, 0.2) is 0 Å². The summed E-state index contributed by atoms with van der Waals surface area (Å²) in [5.74, 6) is 0. The number of aromatic nitrogens is 4. The summed E-state index contributed by atoms with van der Waals surface area (Å²) in [7, 11) is 0. The summed E-state index contributed by atoms with van der Waals surface area (Å²) in [6.45, 7) is 6.69. The van der Waals surface area contributed by atoms with E-state index in [1.165, 1.54) is 0 Å². The van der Waals surface area contributed by atoms with Gasteiger partial charge in [0.2, 0.25) is 0 Å². The number of halogens is 1. The number of rotatable bonds is 6. The lowest BCUT2D eigenvalue weighted by atomic mass is 10.3. The van der Waals surface area contributed by atoms with Gasteiger partial charge in [-0.1, -0.05) is 0 Å². The standard InChI is InChI=1S/C13H20FN5/c1-10(2)19-12(4-6-16-19)8-15-13-9-18(7-5-14)17-11(13)3/h4,6,9-10,15H,5,7-8H2,1-3H3. The predicted molar refractivity (Wildman–Crippen MR) is 72.9 cm³/mol. The van der Waals surface area contributed by atoms with Gasteiger partial charge in [0.1, 0.15) is 6.67 Å². The van der Waals surface area contributed by atoms with Crippen LogP contribution in [-0.2, 0) is 13.1 Å². The zero-order valence-electron chi connectivity index (χ0n) is 11.6. The van der Waals surface area contributed by atoms with E-state index in [1.807, 2.05) is 23.9 Å². The molecule has 104 valence electrons. The van der Waals surface area contributed by atoms with Crippen LogP contribution in [-0.4, -0.2) is 26.2 Å². The van der Waals surface area contributed by atoms with Crippen molar-refractivity contribution in [3.63, 3.8) is 0 Å². The highest BCUT2D eigenvalue weighted by atomic mass is 19.1. The first-order valence-corrected chi connectivity index (χ1v) is 6.48. The molecule has 19 heavy (non-hydrogen) atoms. The van der Waals surface area contributed by atoms with Gasteiger partial charge in [-0.2, -0.15) is 10.2 Å². The molecule has 0 spiro atoms. The van der Waals surface area contributed by atoms with E-state index in [1.54, 1.807) is 10.9 Å². The Morgan fingerprint density at radius 3 is 2.89 bits per heavy atom. The summed E-state index contributed by atoms with van der Waals surface area (Å²) >= 11 is 0. The zero-order valence-corrected chi connectivity index (χ0v) is 11.6. The molecule has 0 unspecified atom stereocenters. The van der Waals surface area contributed by atoms with Crippen LogP contribution < -0.4 is 5.32 Å². The van der Waals surface area contributed by atoms with Crippen LogP contribution in [0.3, 0.4) is 0 Å². The highest BCUT2D eigenvalue weighted by Crippen LogP contribution is 2.15. The maximum Gasteiger partial charge on any atom is 0.109 e. The summed E-state index contributed by atoms with van der Waals surface area (Å²) in [5, 5.41) is 11.9. The van der Waals surface area contributed by atoms with Gasteiger partial charge in [0.05, 0.1) is 30.2 Å². The first-order chi connectivity index (χ1) is 9.11. The molecule has 2 heterocycles. The minimum absolute atomic E-state index is 0.298. The SMILES string of the molecule is Cc1nn(CCF)cc1NCc1ccnn1C(C)C. The summed E-state index contributed by atoms with van der Waals surface area (Å²) < 4.78 is 15.9. The van der Waals surface area contributed by atoms with Gasteiger partial charge in [-0.15, -0.1) is 0 Å². The summed E-state index contributed by atoms with van der Waals surface area (Å²) in [6.07, 6.45) is 3.64. The van der Waals surface area contributed by atoms with E-state index in [9.17, 15) is 4.39 Å². The molecule has 0 aliphatic heterocycles. The van der Waals surface area contributed by atoms with Crippen LogP contribution in [0.25, 0.3) is 0 Å². The van der Waals surface area contributed by atoms with Crippen LogP contribution >= 0.6 is 0 Å². The fraction of sp³-hybridized carbons (Fsp3) is 0.538. The minimum Gasteiger partial charge on any atom is -0.377 e. The maximum absolute atomic E-state index is 12.3. The van der Waals surface area contributed by atoms with Gasteiger partial charge in [-0.05, 0) is 26.8 Å². The Hall–Kier alpha value is -1.85.